The van der Waals surface area contributed by atoms with Crippen molar-refractivity contribution in [3.05, 3.63) is 79.3 Å². The molecule has 1 aliphatic heterocycles. The van der Waals surface area contributed by atoms with Gasteiger partial charge in [0, 0.05) is 44.0 Å². The minimum absolute atomic E-state index is 0.0667. The van der Waals surface area contributed by atoms with Gasteiger partial charge in [0.05, 0.1) is 12.7 Å². The molecule has 1 aromatic carbocycles. The normalized spacial score (nSPS) is 15.2. The van der Waals surface area contributed by atoms with Crippen molar-refractivity contribution in [2.75, 3.05) is 37.9 Å². The van der Waals surface area contributed by atoms with E-state index in [0.29, 0.717) is 40.9 Å². The molecular formula is C27H30N6O3. The number of amides is 1. The fourth-order valence-corrected chi connectivity index (χ4v) is 4.25. The minimum Gasteiger partial charge on any atom is -0.497 e. The third-order valence-corrected chi connectivity index (χ3v) is 6.29. The second-order valence-electron chi connectivity index (χ2n) is 8.49. The number of likely N-dealkylation sites (N-methyl/N-ethyl adjacent to an activating group) is 1. The van der Waals surface area contributed by atoms with Gasteiger partial charge >= 0.3 is 0 Å². The lowest BCUT2D eigenvalue weighted by Crippen LogP contribution is -2.48. The molecular weight excluding hydrogens is 456 g/mol. The van der Waals surface area contributed by atoms with E-state index in [1.807, 2.05) is 42.3 Å². The fraction of sp³-hybridized carbons (Fsp3) is 0.259. The standard InChI is InChI=1S/C27H30N6O3/c1-5-24(34)33-14-6-7-20(16-33)32(3)27-25(26(28)30-17-31-27)18(2)19-8-13-23(29-15-19)36-22-11-9-21(35-4)10-12-22/h5,8-13,15,17,20H,1-2,6-7,14,16H2,3-4H3,(H2,28,30,31). The number of hydrogen-bond acceptors (Lipinski definition) is 8. The number of methoxy groups -OCH3 is 1. The number of nitrogens with zero attached hydrogens (tertiary/aromatic N) is 5. The molecule has 2 N–H and O–H groups in total. The number of anilines is 2. The van der Waals surface area contributed by atoms with E-state index in [1.54, 1.807) is 19.4 Å². The second kappa shape index (κ2) is 10.9. The molecule has 3 aromatic rings. The number of benzene rings is 1. The summed E-state index contributed by atoms with van der Waals surface area (Å²) in [5, 5.41) is 0. The molecule has 0 radical (unpaired) electrons. The van der Waals surface area contributed by atoms with Crippen LogP contribution < -0.4 is 20.1 Å². The van der Waals surface area contributed by atoms with Gasteiger partial charge in [0.1, 0.15) is 29.5 Å². The van der Waals surface area contributed by atoms with Gasteiger partial charge in [-0.15, -0.1) is 0 Å². The van der Waals surface area contributed by atoms with E-state index in [1.165, 1.54) is 12.4 Å². The Kier molecular flexibility index (Phi) is 7.48. The molecule has 186 valence electrons. The summed E-state index contributed by atoms with van der Waals surface area (Å²) < 4.78 is 11.0. The van der Waals surface area contributed by atoms with E-state index in [4.69, 9.17) is 15.2 Å². The van der Waals surface area contributed by atoms with Crippen molar-refractivity contribution in [1.29, 1.82) is 0 Å². The van der Waals surface area contributed by atoms with Crippen molar-refractivity contribution in [3.8, 4) is 17.4 Å². The highest BCUT2D eigenvalue weighted by Gasteiger charge is 2.28. The summed E-state index contributed by atoms with van der Waals surface area (Å²) >= 11 is 0. The smallest absolute Gasteiger partial charge is 0.246 e. The first-order valence-corrected chi connectivity index (χ1v) is 11.6. The summed E-state index contributed by atoms with van der Waals surface area (Å²) in [5.41, 5.74) is 8.36. The summed E-state index contributed by atoms with van der Waals surface area (Å²) in [7, 11) is 3.57. The number of pyridine rings is 1. The monoisotopic (exact) mass is 486 g/mol. The minimum atomic E-state index is -0.0667. The molecule has 2 aromatic heterocycles. The zero-order valence-corrected chi connectivity index (χ0v) is 20.6. The Morgan fingerprint density at radius 1 is 1.17 bits per heavy atom. The van der Waals surface area contributed by atoms with Gasteiger partial charge in [0.15, 0.2) is 0 Å². The van der Waals surface area contributed by atoms with Crippen molar-refractivity contribution >= 4 is 23.1 Å². The number of aromatic nitrogens is 3. The summed E-state index contributed by atoms with van der Waals surface area (Å²) in [6.07, 6.45) is 6.30. The van der Waals surface area contributed by atoms with Crippen molar-refractivity contribution in [2.45, 2.75) is 18.9 Å². The number of carbonyl (C=O) groups excluding carboxylic acids is 1. The van der Waals surface area contributed by atoms with Crippen LogP contribution in [0.4, 0.5) is 11.6 Å². The lowest BCUT2D eigenvalue weighted by molar-refractivity contribution is -0.127. The summed E-state index contributed by atoms with van der Waals surface area (Å²) in [4.78, 5) is 29.2. The quantitative estimate of drug-likeness (QED) is 0.478. The first-order chi connectivity index (χ1) is 17.4. The molecule has 9 heteroatoms. The van der Waals surface area contributed by atoms with E-state index in [0.717, 1.165) is 30.7 Å². The van der Waals surface area contributed by atoms with Crippen LogP contribution in [0.3, 0.4) is 0 Å². The molecule has 1 saturated heterocycles. The first-order valence-electron chi connectivity index (χ1n) is 11.6. The van der Waals surface area contributed by atoms with Gasteiger partial charge in [0.2, 0.25) is 11.8 Å². The average molecular weight is 487 g/mol. The number of nitrogen functional groups attached to an aromatic ring is 1. The van der Waals surface area contributed by atoms with E-state index in [9.17, 15) is 4.79 Å². The van der Waals surface area contributed by atoms with Crippen LogP contribution in [0.25, 0.3) is 5.57 Å². The predicted molar refractivity (Wildman–Crippen MR) is 140 cm³/mol. The van der Waals surface area contributed by atoms with Gasteiger partial charge in [0.25, 0.3) is 0 Å². The number of carbonyl (C=O) groups is 1. The first kappa shape index (κ1) is 24.7. The maximum Gasteiger partial charge on any atom is 0.246 e. The molecule has 1 atom stereocenters. The fourth-order valence-electron chi connectivity index (χ4n) is 4.25. The SMILES string of the molecule is C=CC(=O)N1CCCC(N(C)c2ncnc(N)c2C(=C)c2ccc(Oc3ccc(OC)cc3)nc2)C1. The molecule has 36 heavy (non-hydrogen) atoms. The van der Waals surface area contributed by atoms with Gasteiger partial charge in [-0.3, -0.25) is 4.79 Å². The van der Waals surface area contributed by atoms with Crippen molar-refractivity contribution in [2.24, 2.45) is 0 Å². The summed E-state index contributed by atoms with van der Waals surface area (Å²) in [6, 6.07) is 11.0. The van der Waals surface area contributed by atoms with Crippen LogP contribution in [-0.4, -0.2) is 59.0 Å². The number of hydrogen-bond donors (Lipinski definition) is 1. The van der Waals surface area contributed by atoms with Crippen molar-refractivity contribution < 1.29 is 14.3 Å². The zero-order chi connectivity index (χ0) is 25.7. The van der Waals surface area contributed by atoms with Gasteiger partial charge in [-0.25, -0.2) is 15.0 Å². The van der Waals surface area contributed by atoms with E-state index in [-0.39, 0.29) is 11.9 Å². The van der Waals surface area contributed by atoms with E-state index < -0.39 is 0 Å². The third-order valence-electron chi connectivity index (χ3n) is 6.29. The van der Waals surface area contributed by atoms with Gasteiger partial charge in [-0.1, -0.05) is 13.2 Å². The Balaban J connectivity index is 1.54. The van der Waals surface area contributed by atoms with Crippen LogP contribution in [0.2, 0.25) is 0 Å². The molecule has 0 aliphatic carbocycles. The highest BCUT2D eigenvalue weighted by atomic mass is 16.5. The van der Waals surface area contributed by atoms with Gasteiger partial charge < -0.3 is 25.0 Å². The van der Waals surface area contributed by atoms with Crippen molar-refractivity contribution in [1.82, 2.24) is 19.9 Å². The highest BCUT2D eigenvalue weighted by molar-refractivity contribution is 5.89. The lowest BCUT2D eigenvalue weighted by atomic mass is 9.99. The Morgan fingerprint density at radius 3 is 2.58 bits per heavy atom. The second-order valence-corrected chi connectivity index (χ2v) is 8.49. The highest BCUT2D eigenvalue weighted by Crippen LogP contribution is 2.34. The molecule has 4 rings (SSSR count). The molecule has 0 bridgehead atoms. The predicted octanol–water partition coefficient (Wildman–Crippen LogP) is 3.93. The largest absolute Gasteiger partial charge is 0.497 e. The van der Waals surface area contributed by atoms with Crippen LogP contribution in [0.5, 0.6) is 17.4 Å². The van der Waals surface area contributed by atoms with Gasteiger partial charge in [-0.2, -0.15) is 0 Å². The van der Waals surface area contributed by atoms with Crippen LogP contribution in [0.1, 0.15) is 24.0 Å². The van der Waals surface area contributed by atoms with Crippen molar-refractivity contribution in [3.63, 3.8) is 0 Å². The lowest BCUT2D eigenvalue weighted by Gasteiger charge is -2.38. The molecule has 1 amide bonds. The summed E-state index contributed by atoms with van der Waals surface area (Å²) in [6.45, 7) is 9.18. The number of rotatable bonds is 8. The van der Waals surface area contributed by atoms with E-state index >= 15 is 0 Å². The molecule has 1 aliphatic rings. The molecule has 0 spiro atoms. The molecule has 0 saturated carbocycles. The number of nitrogens with two attached hydrogens (primary N) is 1. The zero-order valence-electron chi connectivity index (χ0n) is 20.6. The van der Waals surface area contributed by atoms with E-state index in [2.05, 4.69) is 33.0 Å². The molecule has 9 nitrogen and oxygen atoms in total. The number of piperidine rings is 1. The molecule has 1 fully saturated rings. The maximum absolute atomic E-state index is 12.2. The third kappa shape index (κ3) is 5.30. The summed E-state index contributed by atoms with van der Waals surface area (Å²) in [5.74, 6) is 2.76. The van der Waals surface area contributed by atoms with Crippen LogP contribution >= 0.6 is 0 Å². The average Bonchev–Trinajstić information content (AvgIpc) is 2.92. The topological polar surface area (TPSA) is 107 Å². The van der Waals surface area contributed by atoms with Crippen LogP contribution in [-0.2, 0) is 4.79 Å². The number of ether oxygens (including phenoxy) is 2. The van der Waals surface area contributed by atoms with Gasteiger partial charge in [-0.05, 0) is 54.8 Å². The number of likely N-dealkylation sites (tertiary alicyclic amines) is 1. The Morgan fingerprint density at radius 2 is 1.92 bits per heavy atom. The Hall–Kier alpha value is -4.40. The Bertz CT molecular complexity index is 1240. The van der Waals surface area contributed by atoms with Crippen LogP contribution in [0.15, 0.2) is 68.2 Å². The molecule has 1 unspecified atom stereocenters. The van der Waals surface area contributed by atoms with Crippen LogP contribution in [0, 0.1) is 0 Å². The Labute approximate surface area is 210 Å². The maximum atomic E-state index is 12.2. The molecule has 3 heterocycles.